The standard InChI is InChI=1S/C26H32N2O3/c1-4-15-27(16-5-2)26(30)23-21-11-6-7-12-22(21)25(29)28(19-13-14-19)24(23)18-9-8-10-20(17-18)31-3/h6-12,17,19,23-24H,4-5,13-16H2,1-3H3. The molecule has 4 rings (SSSR count). The van der Waals surface area contributed by atoms with Gasteiger partial charge in [0.25, 0.3) is 5.91 Å². The summed E-state index contributed by atoms with van der Waals surface area (Å²) in [4.78, 5) is 31.6. The van der Waals surface area contributed by atoms with Gasteiger partial charge in [-0.25, -0.2) is 0 Å². The summed E-state index contributed by atoms with van der Waals surface area (Å²) in [5.74, 6) is 0.471. The van der Waals surface area contributed by atoms with E-state index in [1.807, 2.05) is 58.3 Å². The molecule has 1 aliphatic heterocycles. The first-order valence-electron chi connectivity index (χ1n) is 11.4. The van der Waals surface area contributed by atoms with Crippen LogP contribution in [0, 0.1) is 0 Å². The molecule has 0 bridgehead atoms. The minimum atomic E-state index is -0.417. The lowest BCUT2D eigenvalue weighted by Gasteiger charge is -2.43. The van der Waals surface area contributed by atoms with E-state index in [0.717, 1.165) is 55.6 Å². The highest BCUT2D eigenvalue weighted by Gasteiger charge is 2.49. The number of benzene rings is 2. The first-order chi connectivity index (χ1) is 15.1. The van der Waals surface area contributed by atoms with Crippen molar-refractivity contribution in [3.63, 3.8) is 0 Å². The van der Waals surface area contributed by atoms with Crippen molar-refractivity contribution in [1.29, 1.82) is 0 Å². The second kappa shape index (κ2) is 9.13. The Kier molecular flexibility index (Phi) is 6.30. The van der Waals surface area contributed by atoms with Crippen molar-refractivity contribution in [2.75, 3.05) is 20.2 Å². The van der Waals surface area contributed by atoms with Gasteiger partial charge in [0.15, 0.2) is 0 Å². The van der Waals surface area contributed by atoms with Gasteiger partial charge in [-0.2, -0.15) is 0 Å². The molecule has 31 heavy (non-hydrogen) atoms. The third kappa shape index (κ3) is 4.06. The molecule has 2 aromatic carbocycles. The number of rotatable bonds is 8. The van der Waals surface area contributed by atoms with Crippen molar-refractivity contribution in [3.05, 3.63) is 65.2 Å². The molecule has 2 amide bonds. The van der Waals surface area contributed by atoms with Crippen LogP contribution in [0.5, 0.6) is 5.75 Å². The van der Waals surface area contributed by atoms with Crippen LogP contribution in [0.15, 0.2) is 48.5 Å². The number of ether oxygens (including phenoxy) is 1. The van der Waals surface area contributed by atoms with Gasteiger partial charge in [0.2, 0.25) is 5.91 Å². The Morgan fingerprint density at radius 2 is 1.77 bits per heavy atom. The first-order valence-corrected chi connectivity index (χ1v) is 11.4. The lowest BCUT2D eigenvalue weighted by atomic mass is 9.78. The predicted molar refractivity (Wildman–Crippen MR) is 121 cm³/mol. The number of hydrogen-bond donors (Lipinski definition) is 0. The van der Waals surface area contributed by atoms with E-state index < -0.39 is 5.92 Å². The van der Waals surface area contributed by atoms with Gasteiger partial charge in [-0.05, 0) is 55.0 Å². The Morgan fingerprint density at radius 1 is 1.06 bits per heavy atom. The summed E-state index contributed by atoms with van der Waals surface area (Å²) in [7, 11) is 1.64. The SMILES string of the molecule is CCCN(CCC)C(=O)C1c2ccccc2C(=O)N(C2CC2)C1c1cccc(OC)c1. The quantitative estimate of drug-likeness (QED) is 0.617. The molecule has 0 spiro atoms. The average Bonchev–Trinajstić information content (AvgIpc) is 3.63. The number of fused-ring (bicyclic) bond motifs is 1. The number of amides is 2. The molecule has 0 radical (unpaired) electrons. The fraction of sp³-hybridized carbons (Fsp3) is 0.462. The maximum Gasteiger partial charge on any atom is 0.254 e. The molecule has 164 valence electrons. The molecule has 0 N–H and O–H groups in total. The first kappa shape index (κ1) is 21.4. The van der Waals surface area contributed by atoms with Crippen molar-refractivity contribution in [3.8, 4) is 5.75 Å². The second-order valence-corrected chi connectivity index (χ2v) is 8.56. The van der Waals surface area contributed by atoms with Crippen molar-refractivity contribution in [1.82, 2.24) is 9.80 Å². The molecule has 0 aromatic heterocycles. The Hall–Kier alpha value is -2.82. The summed E-state index contributed by atoms with van der Waals surface area (Å²) in [5.41, 5.74) is 2.47. The topological polar surface area (TPSA) is 49.9 Å². The monoisotopic (exact) mass is 420 g/mol. The van der Waals surface area contributed by atoms with Crippen molar-refractivity contribution in [2.24, 2.45) is 0 Å². The largest absolute Gasteiger partial charge is 0.497 e. The van der Waals surface area contributed by atoms with Crippen LogP contribution in [0.4, 0.5) is 0 Å². The maximum atomic E-state index is 14.0. The van der Waals surface area contributed by atoms with Crippen molar-refractivity contribution >= 4 is 11.8 Å². The smallest absolute Gasteiger partial charge is 0.254 e. The van der Waals surface area contributed by atoms with Crippen molar-refractivity contribution in [2.45, 2.75) is 57.5 Å². The lowest BCUT2D eigenvalue weighted by molar-refractivity contribution is -0.134. The van der Waals surface area contributed by atoms with Crippen LogP contribution in [-0.2, 0) is 4.79 Å². The normalized spacial score (nSPS) is 20.4. The third-order valence-corrected chi connectivity index (χ3v) is 6.32. The highest BCUT2D eigenvalue weighted by molar-refractivity contribution is 6.01. The highest BCUT2D eigenvalue weighted by atomic mass is 16.5. The van der Waals surface area contributed by atoms with Gasteiger partial charge in [-0.1, -0.05) is 44.2 Å². The van der Waals surface area contributed by atoms with Crippen LogP contribution in [-0.4, -0.2) is 47.9 Å². The number of methoxy groups -OCH3 is 1. The number of nitrogens with zero attached hydrogens (tertiary/aromatic N) is 2. The van der Waals surface area contributed by atoms with E-state index in [-0.39, 0.29) is 23.9 Å². The van der Waals surface area contributed by atoms with E-state index in [2.05, 4.69) is 13.8 Å². The molecule has 2 atom stereocenters. The van der Waals surface area contributed by atoms with E-state index in [9.17, 15) is 9.59 Å². The second-order valence-electron chi connectivity index (χ2n) is 8.56. The molecular weight excluding hydrogens is 388 g/mol. The zero-order chi connectivity index (χ0) is 22.0. The molecular formula is C26H32N2O3. The number of carbonyl (C=O) groups excluding carboxylic acids is 2. The van der Waals surface area contributed by atoms with Gasteiger partial charge >= 0.3 is 0 Å². The Bertz CT molecular complexity index is 947. The van der Waals surface area contributed by atoms with Gasteiger partial charge in [-0.15, -0.1) is 0 Å². The van der Waals surface area contributed by atoms with E-state index in [4.69, 9.17) is 4.74 Å². The molecule has 2 aromatic rings. The molecule has 2 unspecified atom stereocenters. The molecule has 1 fully saturated rings. The van der Waals surface area contributed by atoms with Gasteiger partial charge < -0.3 is 14.5 Å². The fourth-order valence-electron chi connectivity index (χ4n) is 4.82. The molecule has 2 aliphatic rings. The Balaban J connectivity index is 1.88. The molecule has 1 aliphatic carbocycles. The summed E-state index contributed by atoms with van der Waals surface area (Å²) in [6, 6.07) is 15.4. The predicted octanol–water partition coefficient (Wildman–Crippen LogP) is 4.79. The molecule has 5 nitrogen and oxygen atoms in total. The van der Waals surface area contributed by atoms with Crippen LogP contribution in [0.1, 0.15) is 73.0 Å². The summed E-state index contributed by atoms with van der Waals surface area (Å²) in [6.07, 6.45) is 3.80. The molecule has 1 saturated carbocycles. The van der Waals surface area contributed by atoms with Crippen LogP contribution in [0.3, 0.4) is 0 Å². The third-order valence-electron chi connectivity index (χ3n) is 6.32. The minimum Gasteiger partial charge on any atom is -0.497 e. The average molecular weight is 421 g/mol. The highest BCUT2D eigenvalue weighted by Crippen LogP contribution is 2.48. The van der Waals surface area contributed by atoms with Gasteiger partial charge in [0.1, 0.15) is 5.75 Å². The minimum absolute atomic E-state index is 0.0347. The Morgan fingerprint density at radius 3 is 2.42 bits per heavy atom. The fourth-order valence-corrected chi connectivity index (χ4v) is 4.82. The van der Waals surface area contributed by atoms with Crippen molar-refractivity contribution < 1.29 is 14.3 Å². The van der Waals surface area contributed by atoms with Gasteiger partial charge in [0, 0.05) is 24.7 Å². The van der Waals surface area contributed by atoms with Crippen LogP contribution >= 0.6 is 0 Å². The summed E-state index contributed by atoms with van der Waals surface area (Å²) >= 11 is 0. The van der Waals surface area contributed by atoms with E-state index >= 15 is 0 Å². The number of hydrogen-bond acceptors (Lipinski definition) is 3. The number of carbonyl (C=O) groups is 2. The lowest BCUT2D eigenvalue weighted by Crippen LogP contribution is -2.49. The van der Waals surface area contributed by atoms with E-state index in [0.29, 0.717) is 5.56 Å². The molecule has 1 heterocycles. The Labute approximate surface area is 185 Å². The zero-order valence-corrected chi connectivity index (χ0v) is 18.7. The molecule has 0 saturated heterocycles. The summed E-state index contributed by atoms with van der Waals surface area (Å²) in [5, 5.41) is 0. The van der Waals surface area contributed by atoms with Gasteiger partial charge in [-0.3, -0.25) is 9.59 Å². The maximum absolute atomic E-state index is 14.0. The van der Waals surface area contributed by atoms with Gasteiger partial charge in [0.05, 0.1) is 19.1 Å². The molecule has 5 heteroatoms. The van der Waals surface area contributed by atoms with Crippen LogP contribution in [0.2, 0.25) is 0 Å². The van der Waals surface area contributed by atoms with E-state index in [1.165, 1.54) is 0 Å². The summed E-state index contributed by atoms with van der Waals surface area (Å²) < 4.78 is 5.47. The summed E-state index contributed by atoms with van der Waals surface area (Å²) in [6.45, 7) is 5.66. The van der Waals surface area contributed by atoms with Crippen LogP contribution in [0.25, 0.3) is 0 Å². The van der Waals surface area contributed by atoms with Crippen LogP contribution < -0.4 is 4.74 Å². The van der Waals surface area contributed by atoms with E-state index in [1.54, 1.807) is 7.11 Å². The zero-order valence-electron chi connectivity index (χ0n) is 18.7.